The van der Waals surface area contributed by atoms with Gasteiger partial charge in [0.25, 0.3) is 0 Å². The maximum Gasteiger partial charge on any atom is 0.134 e. The van der Waals surface area contributed by atoms with Gasteiger partial charge in [-0.1, -0.05) is 24.3 Å². The largest absolute Gasteiger partial charge is 0.459 e. The average molecular weight is 239 g/mol. The third-order valence-corrected chi connectivity index (χ3v) is 2.88. The molecule has 0 amide bonds. The summed E-state index contributed by atoms with van der Waals surface area (Å²) in [5.74, 6) is 6.37. The highest BCUT2D eigenvalue weighted by molar-refractivity contribution is 5.77. The van der Waals surface area contributed by atoms with Crippen molar-refractivity contribution in [1.82, 2.24) is 10.4 Å². The monoisotopic (exact) mass is 239 g/mol. The normalized spacial score (nSPS) is 12.7. The van der Waals surface area contributed by atoms with E-state index in [1.165, 1.54) is 0 Å². The van der Waals surface area contributed by atoms with E-state index in [0.29, 0.717) is 0 Å². The van der Waals surface area contributed by atoms with Crippen molar-refractivity contribution in [2.24, 2.45) is 5.84 Å². The van der Waals surface area contributed by atoms with Gasteiger partial charge in [0, 0.05) is 11.6 Å². The molecule has 1 unspecified atom stereocenters. The van der Waals surface area contributed by atoms with Crippen molar-refractivity contribution in [3.05, 3.63) is 66.2 Å². The number of pyridine rings is 1. The van der Waals surface area contributed by atoms with E-state index in [9.17, 15) is 0 Å². The summed E-state index contributed by atoms with van der Waals surface area (Å²) in [6.07, 6.45) is 1.74. The number of rotatable bonds is 3. The smallest absolute Gasteiger partial charge is 0.134 e. The lowest BCUT2D eigenvalue weighted by Gasteiger charge is -2.11. The molecule has 0 aliphatic heterocycles. The molecule has 0 aliphatic rings. The van der Waals surface area contributed by atoms with E-state index in [4.69, 9.17) is 10.3 Å². The van der Waals surface area contributed by atoms with Crippen molar-refractivity contribution in [3.63, 3.8) is 0 Å². The van der Waals surface area contributed by atoms with Gasteiger partial charge in [-0.2, -0.15) is 0 Å². The average Bonchev–Trinajstić information content (AvgIpc) is 2.84. The summed E-state index contributed by atoms with van der Waals surface area (Å²) < 4.78 is 5.79. The fraction of sp³-hybridized carbons (Fsp3) is 0.0714. The highest BCUT2D eigenvalue weighted by Gasteiger charge is 2.17. The van der Waals surface area contributed by atoms with Gasteiger partial charge in [0.05, 0.1) is 5.69 Å². The molecule has 0 aliphatic carbocycles. The number of furan rings is 1. The van der Waals surface area contributed by atoms with Crippen LogP contribution in [0.3, 0.4) is 0 Å². The van der Waals surface area contributed by atoms with Crippen LogP contribution in [0.25, 0.3) is 11.0 Å². The van der Waals surface area contributed by atoms with Gasteiger partial charge >= 0.3 is 0 Å². The van der Waals surface area contributed by atoms with Crippen molar-refractivity contribution < 1.29 is 4.42 Å². The summed E-state index contributed by atoms with van der Waals surface area (Å²) in [6, 6.07) is 15.3. The molecule has 0 fully saturated rings. The Labute approximate surface area is 104 Å². The molecule has 3 aromatic rings. The molecule has 3 rings (SSSR count). The lowest BCUT2D eigenvalue weighted by molar-refractivity contribution is 0.471. The highest BCUT2D eigenvalue weighted by Crippen LogP contribution is 2.26. The predicted molar refractivity (Wildman–Crippen MR) is 69.6 cm³/mol. The number of nitrogens with zero attached hydrogens (tertiary/aromatic N) is 1. The summed E-state index contributed by atoms with van der Waals surface area (Å²) in [5.41, 5.74) is 4.42. The number of fused-ring (bicyclic) bond motifs is 1. The van der Waals surface area contributed by atoms with Crippen molar-refractivity contribution in [2.45, 2.75) is 6.04 Å². The van der Waals surface area contributed by atoms with Crippen LogP contribution < -0.4 is 11.3 Å². The Morgan fingerprint density at radius 2 is 1.94 bits per heavy atom. The van der Waals surface area contributed by atoms with E-state index in [-0.39, 0.29) is 6.04 Å². The topological polar surface area (TPSA) is 64.1 Å². The molecule has 3 N–H and O–H groups in total. The van der Waals surface area contributed by atoms with Gasteiger partial charge in [-0.25, -0.2) is 5.43 Å². The highest BCUT2D eigenvalue weighted by atomic mass is 16.3. The van der Waals surface area contributed by atoms with Crippen LogP contribution in [0.4, 0.5) is 0 Å². The molecule has 4 heteroatoms. The molecule has 0 bridgehead atoms. The van der Waals surface area contributed by atoms with Crippen molar-refractivity contribution in [2.75, 3.05) is 0 Å². The van der Waals surface area contributed by atoms with Crippen LogP contribution in [0.1, 0.15) is 17.5 Å². The second kappa shape index (κ2) is 4.60. The maximum absolute atomic E-state index is 5.79. The van der Waals surface area contributed by atoms with Crippen LogP contribution >= 0.6 is 0 Å². The minimum atomic E-state index is -0.237. The van der Waals surface area contributed by atoms with Gasteiger partial charge in [-0.15, -0.1) is 0 Å². The summed E-state index contributed by atoms with van der Waals surface area (Å²) in [4.78, 5) is 4.29. The van der Waals surface area contributed by atoms with Gasteiger partial charge in [-0.3, -0.25) is 10.8 Å². The molecule has 0 saturated carbocycles. The molecule has 18 heavy (non-hydrogen) atoms. The molecule has 0 saturated heterocycles. The number of benzene rings is 1. The number of hydrogen-bond donors (Lipinski definition) is 2. The summed E-state index contributed by atoms with van der Waals surface area (Å²) >= 11 is 0. The van der Waals surface area contributed by atoms with Gasteiger partial charge < -0.3 is 4.42 Å². The van der Waals surface area contributed by atoms with Gasteiger partial charge in [-0.05, 0) is 24.3 Å². The zero-order chi connectivity index (χ0) is 12.4. The molecule has 1 atom stereocenters. The predicted octanol–water partition coefficient (Wildman–Crippen LogP) is 2.38. The number of nitrogens with two attached hydrogens (primary N) is 1. The Morgan fingerprint density at radius 3 is 2.67 bits per heavy atom. The Balaban J connectivity index is 2.06. The minimum Gasteiger partial charge on any atom is -0.459 e. The van der Waals surface area contributed by atoms with E-state index in [1.54, 1.807) is 6.20 Å². The number of nitrogens with one attached hydrogen (secondary N) is 1. The lowest BCUT2D eigenvalue weighted by Crippen LogP contribution is -2.29. The number of para-hydroxylation sites is 1. The van der Waals surface area contributed by atoms with E-state index < -0.39 is 0 Å². The summed E-state index contributed by atoms with van der Waals surface area (Å²) in [6.45, 7) is 0. The quantitative estimate of drug-likeness (QED) is 0.544. The van der Waals surface area contributed by atoms with E-state index in [0.717, 1.165) is 22.4 Å². The number of aromatic nitrogens is 1. The fourth-order valence-corrected chi connectivity index (χ4v) is 2.00. The molecule has 1 aromatic carbocycles. The first-order valence-electron chi connectivity index (χ1n) is 5.74. The van der Waals surface area contributed by atoms with E-state index in [1.807, 2.05) is 48.5 Å². The van der Waals surface area contributed by atoms with Crippen molar-refractivity contribution in [1.29, 1.82) is 0 Å². The Bertz CT molecular complexity index is 615. The third-order valence-electron chi connectivity index (χ3n) is 2.88. The van der Waals surface area contributed by atoms with Gasteiger partial charge in [0.1, 0.15) is 17.4 Å². The molecule has 2 aromatic heterocycles. The first kappa shape index (κ1) is 11.0. The maximum atomic E-state index is 5.79. The van der Waals surface area contributed by atoms with E-state index >= 15 is 0 Å². The van der Waals surface area contributed by atoms with E-state index in [2.05, 4.69) is 10.4 Å². The van der Waals surface area contributed by atoms with Crippen molar-refractivity contribution in [3.8, 4) is 0 Å². The van der Waals surface area contributed by atoms with Crippen LogP contribution in [0.2, 0.25) is 0 Å². The molecule has 0 radical (unpaired) electrons. The summed E-state index contributed by atoms with van der Waals surface area (Å²) in [5, 5.41) is 1.06. The lowest BCUT2D eigenvalue weighted by atomic mass is 10.1. The second-order valence-corrected chi connectivity index (χ2v) is 4.04. The Hall–Kier alpha value is -2.17. The Kier molecular flexibility index (Phi) is 2.80. The molecular weight excluding hydrogens is 226 g/mol. The first-order chi connectivity index (χ1) is 8.88. The first-order valence-corrected chi connectivity index (χ1v) is 5.74. The van der Waals surface area contributed by atoms with Crippen molar-refractivity contribution >= 4 is 11.0 Å². The standard InChI is InChI=1S/C14H13N3O/c15-17-14(11-6-3-4-8-16-11)13-9-10-5-1-2-7-12(10)18-13/h1-9,14,17H,15H2. The molecule has 2 heterocycles. The number of hydrazine groups is 1. The van der Waals surface area contributed by atoms with Crippen LogP contribution in [-0.4, -0.2) is 4.98 Å². The second-order valence-electron chi connectivity index (χ2n) is 4.04. The molecular formula is C14H13N3O. The third kappa shape index (κ3) is 1.88. The SMILES string of the molecule is NNC(c1ccccn1)c1cc2ccccc2o1. The molecule has 4 nitrogen and oxygen atoms in total. The zero-order valence-corrected chi connectivity index (χ0v) is 9.71. The van der Waals surface area contributed by atoms with Gasteiger partial charge in [0.15, 0.2) is 0 Å². The van der Waals surface area contributed by atoms with Crippen LogP contribution in [-0.2, 0) is 0 Å². The zero-order valence-electron chi connectivity index (χ0n) is 9.71. The van der Waals surface area contributed by atoms with Crippen LogP contribution in [0.5, 0.6) is 0 Å². The summed E-state index contributed by atoms with van der Waals surface area (Å²) in [7, 11) is 0. The Morgan fingerprint density at radius 1 is 1.11 bits per heavy atom. The molecule has 0 spiro atoms. The van der Waals surface area contributed by atoms with Crippen LogP contribution in [0, 0.1) is 0 Å². The minimum absolute atomic E-state index is 0.237. The number of hydrogen-bond acceptors (Lipinski definition) is 4. The molecule has 90 valence electrons. The van der Waals surface area contributed by atoms with Crippen LogP contribution in [0.15, 0.2) is 59.1 Å². The van der Waals surface area contributed by atoms with Gasteiger partial charge in [0.2, 0.25) is 0 Å². The fourth-order valence-electron chi connectivity index (χ4n) is 2.00.